The third-order valence-electron chi connectivity index (χ3n) is 4.45. The zero-order chi connectivity index (χ0) is 21.2. The highest BCUT2D eigenvalue weighted by atomic mass is 19.4. The van der Waals surface area contributed by atoms with Crippen LogP contribution in [-0.2, 0) is 22.3 Å². The number of hydrogen-bond acceptors (Lipinski definition) is 4. The van der Waals surface area contributed by atoms with Gasteiger partial charge in [0, 0.05) is 30.9 Å². The number of carbonyl (C=O) groups is 2. The second-order valence-corrected chi connectivity index (χ2v) is 6.47. The van der Waals surface area contributed by atoms with Gasteiger partial charge in [0.25, 0.3) is 5.56 Å². The number of carbonyl (C=O) groups excluding carboxylic acids is 2. The zero-order valence-corrected chi connectivity index (χ0v) is 15.5. The summed E-state index contributed by atoms with van der Waals surface area (Å²) in [5.41, 5.74) is -0.940. The summed E-state index contributed by atoms with van der Waals surface area (Å²) in [5.74, 6) is -0.301. The molecular formula is C19H18F3N3O4. The number of halogens is 3. The molecule has 0 unspecified atom stereocenters. The third-order valence-corrected chi connectivity index (χ3v) is 4.45. The van der Waals surface area contributed by atoms with E-state index in [1.807, 2.05) is 0 Å². The third kappa shape index (κ3) is 4.58. The number of amides is 2. The number of pyridine rings is 1. The fraction of sp³-hybridized carbons (Fsp3) is 0.316. The first-order valence-corrected chi connectivity index (χ1v) is 8.75. The minimum absolute atomic E-state index is 0.0673. The monoisotopic (exact) mass is 409 g/mol. The predicted molar refractivity (Wildman–Crippen MR) is 98.9 cm³/mol. The summed E-state index contributed by atoms with van der Waals surface area (Å²) in [5, 5.41) is 2.53. The summed E-state index contributed by atoms with van der Waals surface area (Å²) in [6, 6.07) is 6.09. The molecule has 1 aromatic carbocycles. The Bertz CT molecular complexity index is 1000. The molecule has 0 bridgehead atoms. The van der Waals surface area contributed by atoms with Crippen LogP contribution < -0.4 is 20.5 Å². The molecule has 29 heavy (non-hydrogen) atoms. The number of rotatable bonds is 5. The lowest BCUT2D eigenvalue weighted by atomic mass is 10.2. The van der Waals surface area contributed by atoms with E-state index in [1.54, 1.807) is 17.0 Å². The highest BCUT2D eigenvalue weighted by Gasteiger charge is 2.31. The Balaban J connectivity index is 1.79. The molecular weight excluding hydrogens is 391 g/mol. The van der Waals surface area contributed by atoms with Crippen molar-refractivity contribution in [2.24, 2.45) is 0 Å². The van der Waals surface area contributed by atoms with Crippen LogP contribution in [0.2, 0.25) is 0 Å². The van der Waals surface area contributed by atoms with Gasteiger partial charge >= 0.3 is 6.18 Å². The fourth-order valence-electron chi connectivity index (χ4n) is 3.06. The maximum atomic E-state index is 12.8. The molecule has 7 nitrogen and oxygen atoms in total. The average Bonchev–Trinajstić information content (AvgIpc) is 3.08. The molecule has 2 amide bonds. The summed E-state index contributed by atoms with van der Waals surface area (Å²) in [6.45, 7) is -0.0705. The largest absolute Gasteiger partial charge is 0.495 e. The van der Waals surface area contributed by atoms with Gasteiger partial charge in [-0.15, -0.1) is 0 Å². The molecule has 0 aliphatic carbocycles. The van der Waals surface area contributed by atoms with E-state index in [1.165, 1.54) is 13.2 Å². The summed E-state index contributed by atoms with van der Waals surface area (Å²) >= 11 is 0. The number of ether oxygens (including phenoxy) is 1. The van der Waals surface area contributed by atoms with Gasteiger partial charge in [-0.05, 0) is 30.7 Å². The van der Waals surface area contributed by atoms with Gasteiger partial charge in [-0.25, -0.2) is 0 Å². The minimum Gasteiger partial charge on any atom is -0.495 e. The van der Waals surface area contributed by atoms with E-state index in [4.69, 9.17) is 4.74 Å². The molecule has 0 atom stereocenters. The van der Waals surface area contributed by atoms with Crippen LogP contribution in [0.3, 0.4) is 0 Å². The predicted octanol–water partition coefficient (Wildman–Crippen LogP) is 2.64. The van der Waals surface area contributed by atoms with Crippen molar-refractivity contribution in [2.75, 3.05) is 23.9 Å². The van der Waals surface area contributed by atoms with E-state index in [9.17, 15) is 27.6 Å². The number of anilines is 2. The van der Waals surface area contributed by atoms with Crippen molar-refractivity contribution in [3.8, 4) is 5.75 Å². The minimum atomic E-state index is -4.63. The Hall–Kier alpha value is -3.30. The summed E-state index contributed by atoms with van der Waals surface area (Å²) in [4.78, 5) is 37.6. The zero-order valence-electron chi connectivity index (χ0n) is 15.5. The maximum Gasteiger partial charge on any atom is 0.417 e. The first-order valence-electron chi connectivity index (χ1n) is 8.75. The smallest absolute Gasteiger partial charge is 0.417 e. The van der Waals surface area contributed by atoms with Crippen LogP contribution in [-0.4, -0.2) is 30.0 Å². The molecule has 3 rings (SSSR count). The molecule has 0 saturated carbocycles. The van der Waals surface area contributed by atoms with Crippen LogP contribution in [0.25, 0.3) is 0 Å². The van der Waals surface area contributed by atoms with Crippen molar-refractivity contribution in [3.05, 3.63) is 52.4 Å². The van der Waals surface area contributed by atoms with E-state index in [2.05, 4.69) is 5.32 Å². The normalized spacial score (nSPS) is 14.2. The topological polar surface area (TPSA) is 80.6 Å². The van der Waals surface area contributed by atoms with Crippen molar-refractivity contribution < 1.29 is 27.5 Å². The molecule has 0 spiro atoms. The van der Waals surface area contributed by atoms with E-state index >= 15 is 0 Å². The van der Waals surface area contributed by atoms with E-state index in [0.717, 1.165) is 6.07 Å². The molecule has 0 radical (unpaired) electrons. The Morgan fingerprint density at radius 1 is 1.21 bits per heavy atom. The molecule has 2 heterocycles. The van der Waals surface area contributed by atoms with Crippen molar-refractivity contribution in [1.82, 2.24) is 4.57 Å². The van der Waals surface area contributed by atoms with Crippen molar-refractivity contribution in [3.63, 3.8) is 0 Å². The fourth-order valence-corrected chi connectivity index (χ4v) is 3.06. The van der Waals surface area contributed by atoms with Gasteiger partial charge in [0.15, 0.2) is 0 Å². The molecule has 1 aromatic heterocycles. The number of nitrogens with zero attached hydrogens (tertiary/aromatic N) is 2. The van der Waals surface area contributed by atoms with E-state index in [-0.39, 0.29) is 5.91 Å². The van der Waals surface area contributed by atoms with E-state index < -0.39 is 29.8 Å². The van der Waals surface area contributed by atoms with Gasteiger partial charge < -0.3 is 19.5 Å². The number of aromatic nitrogens is 1. The van der Waals surface area contributed by atoms with Crippen LogP contribution in [0.4, 0.5) is 24.5 Å². The lowest BCUT2D eigenvalue weighted by Crippen LogP contribution is -2.28. The Labute approximate surface area is 163 Å². The highest BCUT2D eigenvalue weighted by Crippen LogP contribution is 2.34. The number of methoxy groups -OCH3 is 1. The van der Waals surface area contributed by atoms with Crippen molar-refractivity contribution in [2.45, 2.75) is 25.6 Å². The molecule has 1 aliphatic heterocycles. The second kappa shape index (κ2) is 7.98. The molecule has 1 saturated heterocycles. The average molecular weight is 409 g/mol. The van der Waals surface area contributed by atoms with Crippen LogP contribution in [0.15, 0.2) is 41.3 Å². The highest BCUT2D eigenvalue weighted by molar-refractivity contribution is 5.98. The molecule has 1 fully saturated rings. The van der Waals surface area contributed by atoms with Crippen LogP contribution in [0, 0.1) is 0 Å². The Morgan fingerprint density at radius 3 is 2.59 bits per heavy atom. The van der Waals surface area contributed by atoms with Crippen molar-refractivity contribution in [1.29, 1.82) is 0 Å². The summed E-state index contributed by atoms with van der Waals surface area (Å²) in [7, 11) is 1.46. The molecule has 154 valence electrons. The number of benzene rings is 1. The van der Waals surface area contributed by atoms with Crippen LogP contribution in [0.1, 0.15) is 18.4 Å². The number of nitrogens with one attached hydrogen (secondary N) is 1. The second-order valence-electron chi connectivity index (χ2n) is 6.47. The van der Waals surface area contributed by atoms with Crippen LogP contribution in [0.5, 0.6) is 5.75 Å². The summed E-state index contributed by atoms with van der Waals surface area (Å²) in [6.07, 6.45) is -2.90. The van der Waals surface area contributed by atoms with Crippen LogP contribution >= 0.6 is 0 Å². The molecule has 2 aromatic rings. The lowest BCUT2D eigenvalue weighted by molar-refractivity contribution is -0.138. The summed E-state index contributed by atoms with van der Waals surface area (Å²) < 4.78 is 44.4. The molecule has 1 aliphatic rings. The van der Waals surface area contributed by atoms with Gasteiger partial charge in [0.2, 0.25) is 11.8 Å². The first-order chi connectivity index (χ1) is 13.7. The standard InChI is InChI=1S/C19H18F3N3O4/c1-29-15-6-5-13(9-14(15)25-8-2-3-18(25)28)23-16(26)11-24-10-12(19(20,21)22)4-7-17(24)27/h4-7,9-10H,2-3,8,11H2,1H3,(H,23,26). The number of alkyl halides is 3. The van der Waals surface area contributed by atoms with Gasteiger partial charge in [0.1, 0.15) is 12.3 Å². The molecule has 1 N–H and O–H groups in total. The Morgan fingerprint density at radius 2 is 1.97 bits per heavy atom. The van der Waals surface area contributed by atoms with Gasteiger partial charge in [-0.3, -0.25) is 14.4 Å². The SMILES string of the molecule is COc1ccc(NC(=O)Cn2cc(C(F)(F)F)ccc2=O)cc1N1CCCC1=O. The number of hydrogen-bond donors (Lipinski definition) is 1. The lowest BCUT2D eigenvalue weighted by Gasteiger charge is -2.20. The Kier molecular flexibility index (Phi) is 5.62. The van der Waals surface area contributed by atoms with Crippen molar-refractivity contribution >= 4 is 23.2 Å². The quantitative estimate of drug-likeness (QED) is 0.823. The molecule has 10 heteroatoms. The maximum absolute atomic E-state index is 12.8. The van der Waals surface area contributed by atoms with Gasteiger partial charge in [-0.2, -0.15) is 13.2 Å². The van der Waals surface area contributed by atoms with E-state index in [0.29, 0.717) is 53.3 Å². The van der Waals surface area contributed by atoms with Gasteiger partial charge in [-0.1, -0.05) is 0 Å². The first kappa shape index (κ1) is 20.4. The van der Waals surface area contributed by atoms with Gasteiger partial charge in [0.05, 0.1) is 18.4 Å².